The van der Waals surface area contributed by atoms with Crippen molar-refractivity contribution in [2.75, 3.05) is 0 Å². The highest BCUT2D eigenvalue weighted by molar-refractivity contribution is 5.65. The highest BCUT2D eigenvalue weighted by Crippen LogP contribution is 2.25. The second kappa shape index (κ2) is 5.01. The second-order valence-corrected chi connectivity index (χ2v) is 4.59. The lowest BCUT2D eigenvalue weighted by Gasteiger charge is -2.08. The molecule has 0 radical (unpaired) electrons. The summed E-state index contributed by atoms with van der Waals surface area (Å²) < 4.78 is 13.6. The average Bonchev–Trinajstić information content (AvgIpc) is 2.38. The molecule has 0 atom stereocenters. The molecule has 18 heavy (non-hydrogen) atoms. The van der Waals surface area contributed by atoms with E-state index < -0.39 is 5.82 Å². The maximum absolute atomic E-state index is 13.6. The zero-order chi connectivity index (χ0) is 13.1. The van der Waals surface area contributed by atoms with Crippen LogP contribution in [0.15, 0.2) is 42.5 Å². The SMILES string of the molecule is CC(C)c1cccc(-c2ccc(C#N)c(F)c2)c1. The molecule has 0 aliphatic heterocycles. The van der Waals surface area contributed by atoms with E-state index in [0.717, 1.165) is 11.1 Å². The molecule has 0 aliphatic rings. The Labute approximate surface area is 107 Å². The molecule has 1 nitrogen and oxygen atoms in total. The van der Waals surface area contributed by atoms with Crippen LogP contribution >= 0.6 is 0 Å². The predicted molar refractivity (Wildman–Crippen MR) is 70.6 cm³/mol. The molecule has 90 valence electrons. The first-order valence-corrected chi connectivity index (χ1v) is 5.92. The standard InChI is InChI=1S/C16H14FN/c1-11(2)12-4-3-5-13(8-12)14-6-7-15(10-18)16(17)9-14/h3-9,11H,1-2H3. The minimum atomic E-state index is -0.468. The molecule has 0 fully saturated rings. The molecule has 2 heteroatoms. The van der Waals surface area contributed by atoms with Gasteiger partial charge in [-0.1, -0.05) is 44.2 Å². The van der Waals surface area contributed by atoms with Gasteiger partial charge in [0.05, 0.1) is 5.56 Å². The van der Waals surface area contributed by atoms with Gasteiger partial charge in [-0.05, 0) is 34.7 Å². The fraction of sp³-hybridized carbons (Fsp3) is 0.188. The predicted octanol–water partition coefficient (Wildman–Crippen LogP) is 4.49. The lowest BCUT2D eigenvalue weighted by Crippen LogP contribution is -1.89. The van der Waals surface area contributed by atoms with Crippen LogP contribution in [0.2, 0.25) is 0 Å². The summed E-state index contributed by atoms with van der Waals surface area (Å²) in [6.45, 7) is 4.25. The van der Waals surface area contributed by atoms with Crippen molar-refractivity contribution < 1.29 is 4.39 Å². The third kappa shape index (κ3) is 2.41. The number of hydrogen-bond donors (Lipinski definition) is 0. The van der Waals surface area contributed by atoms with Crippen LogP contribution in [0.25, 0.3) is 11.1 Å². The van der Waals surface area contributed by atoms with Crippen LogP contribution in [0.4, 0.5) is 4.39 Å². The Bertz CT molecular complexity index is 609. The Morgan fingerprint density at radius 2 is 1.78 bits per heavy atom. The summed E-state index contributed by atoms with van der Waals surface area (Å²) in [5, 5.41) is 8.71. The van der Waals surface area contributed by atoms with Gasteiger partial charge in [0.15, 0.2) is 0 Å². The number of rotatable bonds is 2. The third-order valence-electron chi connectivity index (χ3n) is 2.98. The van der Waals surface area contributed by atoms with Gasteiger partial charge in [0.25, 0.3) is 0 Å². The number of nitrogens with zero attached hydrogens (tertiary/aromatic N) is 1. The van der Waals surface area contributed by atoms with E-state index in [9.17, 15) is 4.39 Å². The van der Waals surface area contributed by atoms with Crippen LogP contribution in [-0.2, 0) is 0 Å². The lowest BCUT2D eigenvalue weighted by molar-refractivity contribution is 0.624. The molecule has 0 amide bonds. The van der Waals surface area contributed by atoms with E-state index in [4.69, 9.17) is 5.26 Å². The maximum atomic E-state index is 13.6. The summed E-state index contributed by atoms with van der Waals surface area (Å²) in [6.07, 6.45) is 0. The molecule has 2 aromatic carbocycles. The highest BCUT2D eigenvalue weighted by atomic mass is 19.1. The Kier molecular flexibility index (Phi) is 3.43. The summed E-state index contributed by atoms with van der Waals surface area (Å²) in [5.74, 6) is -0.0295. The minimum absolute atomic E-state index is 0.0822. The van der Waals surface area contributed by atoms with Crippen molar-refractivity contribution in [3.63, 3.8) is 0 Å². The lowest BCUT2D eigenvalue weighted by atomic mass is 9.97. The molecule has 0 unspecified atom stereocenters. The van der Waals surface area contributed by atoms with Gasteiger partial charge in [0, 0.05) is 0 Å². The van der Waals surface area contributed by atoms with E-state index in [0.29, 0.717) is 5.92 Å². The van der Waals surface area contributed by atoms with Crippen LogP contribution < -0.4 is 0 Å². The van der Waals surface area contributed by atoms with Crippen LogP contribution in [0.5, 0.6) is 0 Å². The molecule has 0 aromatic heterocycles. The Morgan fingerprint density at radius 1 is 1.06 bits per heavy atom. The molecule has 0 saturated carbocycles. The van der Waals surface area contributed by atoms with Crippen LogP contribution in [-0.4, -0.2) is 0 Å². The van der Waals surface area contributed by atoms with Gasteiger partial charge < -0.3 is 0 Å². The van der Waals surface area contributed by atoms with Gasteiger partial charge in [-0.15, -0.1) is 0 Å². The van der Waals surface area contributed by atoms with Gasteiger partial charge in [-0.3, -0.25) is 0 Å². The van der Waals surface area contributed by atoms with Gasteiger partial charge in [-0.25, -0.2) is 4.39 Å². The molecular weight excluding hydrogens is 225 g/mol. The van der Waals surface area contributed by atoms with Crippen molar-refractivity contribution in [3.8, 4) is 17.2 Å². The molecule has 2 aromatic rings. The van der Waals surface area contributed by atoms with Crippen molar-refractivity contribution in [2.24, 2.45) is 0 Å². The third-order valence-corrected chi connectivity index (χ3v) is 2.98. The van der Waals surface area contributed by atoms with Crippen molar-refractivity contribution in [1.29, 1.82) is 5.26 Å². The number of hydrogen-bond acceptors (Lipinski definition) is 1. The first-order valence-electron chi connectivity index (χ1n) is 5.92. The molecule has 0 spiro atoms. The van der Waals surface area contributed by atoms with Crippen molar-refractivity contribution >= 4 is 0 Å². The van der Waals surface area contributed by atoms with Crippen molar-refractivity contribution in [1.82, 2.24) is 0 Å². The van der Waals surface area contributed by atoms with E-state index in [2.05, 4.69) is 26.0 Å². The van der Waals surface area contributed by atoms with Gasteiger partial charge >= 0.3 is 0 Å². The first-order chi connectivity index (χ1) is 8.61. The van der Waals surface area contributed by atoms with Crippen molar-refractivity contribution in [3.05, 3.63) is 59.4 Å². The monoisotopic (exact) mass is 239 g/mol. The molecular formula is C16H14FN. The molecule has 0 aliphatic carbocycles. The zero-order valence-corrected chi connectivity index (χ0v) is 10.4. The quantitative estimate of drug-likeness (QED) is 0.757. The summed E-state index contributed by atoms with van der Waals surface area (Å²) in [4.78, 5) is 0. The van der Waals surface area contributed by atoms with E-state index >= 15 is 0 Å². The largest absolute Gasteiger partial charge is 0.206 e. The van der Waals surface area contributed by atoms with Gasteiger partial charge in [0.1, 0.15) is 11.9 Å². The summed E-state index contributed by atoms with van der Waals surface area (Å²) in [5.41, 5.74) is 3.08. The van der Waals surface area contributed by atoms with Gasteiger partial charge in [0.2, 0.25) is 0 Å². The number of halogens is 1. The smallest absolute Gasteiger partial charge is 0.141 e. The molecule has 2 rings (SSSR count). The summed E-state index contributed by atoms with van der Waals surface area (Å²) in [7, 11) is 0. The zero-order valence-electron chi connectivity index (χ0n) is 10.4. The average molecular weight is 239 g/mol. The summed E-state index contributed by atoms with van der Waals surface area (Å²) in [6, 6.07) is 14.6. The Morgan fingerprint density at radius 3 is 2.39 bits per heavy atom. The van der Waals surface area contributed by atoms with Crippen LogP contribution in [0.3, 0.4) is 0 Å². The topological polar surface area (TPSA) is 23.8 Å². The van der Waals surface area contributed by atoms with E-state index in [1.54, 1.807) is 6.07 Å². The molecule has 0 bridgehead atoms. The van der Waals surface area contributed by atoms with E-state index in [-0.39, 0.29) is 5.56 Å². The summed E-state index contributed by atoms with van der Waals surface area (Å²) >= 11 is 0. The van der Waals surface area contributed by atoms with Crippen LogP contribution in [0, 0.1) is 17.1 Å². The fourth-order valence-electron chi connectivity index (χ4n) is 1.86. The fourth-order valence-corrected chi connectivity index (χ4v) is 1.86. The van der Waals surface area contributed by atoms with E-state index in [1.165, 1.54) is 17.7 Å². The Hall–Kier alpha value is -2.14. The van der Waals surface area contributed by atoms with Crippen molar-refractivity contribution in [2.45, 2.75) is 19.8 Å². The first kappa shape index (κ1) is 12.3. The highest BCUT2D eigenvalue weighted by Gasteiger charge is 2.06. The van der Waals surface area contributed by atoms with Gasteiger partial charge in [-0.2, -0.15) is 5.26 Å². The number of nitriles is 1. The normalized spacial score (nSPS) is 10.4. The molecule has 0 saturated heterocycles. The molecule has 0 heterocycles. The maximum Gasteiger partial charge on any atom is 0.141 e. The second-order valence-electron chi connectivity index (χ2n) is 4.59. The van der Waals surface area contributed by atoms with Crippen LogP contribution in [0.1, 0.15) is 30.9 Å². The van der Waals surface area contributed by atoms with E-state index in [1.807, 2.05) is 18.2 Å². The Balaban J connectivity index is 2.46. The molecule has 0 N–H and O–H groups in total. The number of benzene rings is 2. The minimum Gasteiger partial charge on any atom is -0.206 e.